The fraction of sp³-hybridized carbons (Fsp3) is 0.833. The summed E-state index contributed by atoms with van der Waals surface area (Å²) >= 11 is 0. The Bertz CT molecular complexity index is 176. The number of methoxy groups -OCH3 is 1. The minimum absolute atomic E-state index is 0.0926. The predicted molar refractivity (Wildman–Crippen MR) is 43.5 cm³/mol. The summed E-state index contributed by atoms with van der Waals surface area (Å²) in [5.74, 6) is -0.0926. The third kappa shape index (κ3) is 6.85. The van der Waals surface area contributed by atoms with Crippen molar-refractivity contribution in [3.63, 3.8) is 0 Å². The molecular formula is C6H12N4O2. The third-order valence-corrected chi connectivity index (χ3v) is 1.13. The van der Waals surface area contributed by atoms with Crippen LogP contribution in [0.3, 0.4) is 0 Å². The third-order valence-electron chi connectivity index (χ3n) is 1.13. The highest BCUT2D eigenvalue weighted by molar-refractivity contribution is 5.75. The predicted octanol–water partition coefficient (Wildman–Crippen LogP) is 0.449. The van der Waals surface area contributed by atoms with Crippen LogP contribution in [0.5, 0.6) is 0 Å². The number of nitrogens with one attached hydrogen (secondary N) is 1. The Morgan fingerprint density at radius 3 is 3.08 bits per heavy atom. The number of rotatable bonds is 6. The van der Waals surface area contributed by atoms with Crippen LogP contribution >= 0.6 is 0 Å². The lowest BCUT2D eigenvalue weighted by Crippen LogP contribution is -2.26. The Morgan fingerprint density at radius 1 is 1.75 bits per heavy atom. The summed E-state index contributed by atoms with van der Waals surface area (Å²) in [4.78, 5) is 13.4. The first-order chi connectivity index (χ1) is 5.81. The normalized spacial score (nSPS) is 8.75. The van der Waals surface area contributed by atoms with E-state index in [0.29, 0.717) is 19.6 Å². The Labute approximate surface area is 70.5 Å². The zero-order chi connectivity index (χ0) is 9.23. The van der Waals surface area contributed by atoms with Gasteiger partial charge in [-0.3, -0.25) is 4.79 Å². The first-order valence-electron chi connectivity index (χ1n) is 3.57. The zero-order valence-corrected chi connectivity index (χ0v) is 6.99. The van der Waals surface area contributed by atoms with Crippen LogP contribution in [0.15, 0.2) is 5.11 Å². The van der Waals surface area contributed by atoms with Crippen LogP contribution in [0.1, 0.15) is 6.42 Å². The number of carbonyl (C=O) groups excluding carboxylic acids is 1. The molecule has 0 unspecified atom stereocenters. The van der Waals surface area contributed by atoms with Gasteiger partial charge in [0.15, 0.2) is 0 Å². The second-order valence-corrected chi connectivity index (χ2v) is 2.05. The zero-order valence-electron chi connectivity index (χ0n) is 6.99. The van der Waals surface area contributed by atoms with E-state index in [1.165, 1.54) is 7.11 Å². The average Bonchev–Trinajstić information content (AvgIpc) is 2.09. The molecule has 0 saturated carbocycles. The first kappa shape index (κ1) is 10.7. The molecular weight excluding hydrogens is 160 g/mol. The second kappa shape index (κ2) is 7.84. The molecule has 0 aliphatic rings. The fourth-order valence-corrected chi connectivity index (χ4v) is 0.573. The highest BCUT2D eigenvalue weighted by atomic mass is 16.5. The van der Waals surface area contributed by atoms with Gasteiger partial charge >= 0.3 is 0 Å². The number of nitrogens with zero attached hydrogens (tertiary/aromatic N) is 3. The molecule has 68 valence electrons. The van der Waals surface area contributed by atoms with Crippen LogP contribution in [0.4, 0.5) is 0 Å². The highest BCUT2D eigenvalue weighted by Crippen LogP contribution is 1.79. The van der Waals surface area contributed by atoms with E-state index in [-0.39, 0.29) is 12.5 Å². The first-order valence-corrected chi connectivity index (χ1v) is 3.57. The minimum Gasteiger partial charge on any atom is -0.384 e. The molecule has 0 spiro atoms. The van der Waals surface area contributed by atoms with E-state index in [0.717, 1.165) is 0 Å². The molecule has 6 heteroatoms. The van der Waals surface area contributed by atoms with Gasteiger partial charge in [-0.2, -0.15) is 0 Å². The lowest BCUT2D eigenvalue weighted by molar-refractivity contribution is -0.121. The van der Waals surface area contributed by atoms with Crippen molar-refractivity contribution in [3.05, 3.63) is 10.4 Å². The Hall–Kier alpha value is -1.26. The average molecular weight is 172 g/mol. The largest absolute Gasteiger partial charge is 0.384 e. The van der Waals surface area contributed by atoms with Gasteiger partial charge in [0.1, 0.15) is 0 Å². The Morgan fingerprint density at radius 2 is 2.50 bits per heavy atom. The maximum absolute atomic E-state index is 10.8. The molecule has 0 aromatic heterocycles. The summed E-state index contributed by atoms with van der Waals surface area (Å²) < 4.78 is 4.70. The van der Waals surface area contributed by atoms with Gasteiger partial charge in [-0.05, 0) is 5.53 Å². The minimum atomic E-state index is -0.0926. The van der Waals surface area contributed by atoms with Crippen molar-refractivity contribution in [1.82, 2.24) is 5.32 Å². The summed E-state index contributed by atoms with van der Waals surface area (Å²) in [5, 5.41) is 5.83. The summed E-state index contributed by atoms with van der Waals surface area (Å²) in [6.07, 6.45) is 0.340. The molecule has 0 saturated heterocycles. The van der Waals surface area contributed by atoms with Gasteiger partial charge < -0.3 is 10.1 Å². The summed E-state index contributed by atoms with van der Waals surface area (Å²) in [5.41, 5.74) is 7.90. The standard InChI is InChI=1S/C6H12N4O2/c1-12-5-2-6(11)8-3-4-9-10-7/h2-5H2,1H3,(H,8,11). The van der Waals surface area contributed by atoms with Gasteiger partial charge in [-0.1, -0.05) is 5.11 Å². The Balaban J connectivity index is 3.25. The molecule has 0 rings (SSSR count). The van der Waals surface area contributed by atoms with Crippen molar-refractivity contribution in [3.8, 4) is 0 Å². The molecule has 12 heavy (non-hydrogen) atoms. The van der Waals surface area contributed by atoms with Gasteiger partial charge in [0, 0.05) is 31.5 Å². The second-order valence-electron chi connectivity index (χ2n) is 2.05. The van der Waals surface area contributed by atoms with Crippen molar-refractivity contribution in [1.29, 1.82) is 0 Å². The van der Waals surface area contributed by atoms with Crippen molar-refractivity contribution < 1.29 is 9.53 Å². The van der Waals surface area contributed by atoms with E-state index >= 15 is 0 Å². The lowest BCUT2D eigenvalue weighted by Gasteiger charge is -2.01. The SMILES string of the molecule is COCCC(=O)NCCN=[N+]=[N-]. The molecule has 1 amide bonds. The number of amides is 1. The van der Waals surface area contributed by atoms with Crippen molar-refractivity contribution in [2.75, 3.05) is 26.8 Å². The molecule has 0 fully saturated rings. The molecule has 0 aliphatic carbocycles. The quantitative estimate of drug-likeness (QED) is 0.273. The van der Waals surface area contributed by atoms with E-state index in [9.17, 15) is 4.79 Å². The number of hydrogen-bond donors (Lipinski definition) is 1. The number of ether oxygens (including phenoxy) is 1. The smallest absolute Gasteiger partial charge is 0.222 e. The molecule has 0 heterocycles. The van der Waals surface area contributed by atoms with Crippen LogP contribution in [-0.4, -0.2) is 32.7 Å². The van der Waals surface area contributed by atoms with Gasteiger partial charge in [-0.25, -0.2) is 0 Å². The monoisotopic (exact) mass is 172 g/mol. The van der Waals surface area contributed by atoms with Crippen molar-refractivity contribution >= 4 is 5.91 Å². The van der Waals surface area contributed by atoms with Crippen LogP contribution < -0.4 is 5.32 Å². The van der Waals surface area contributed by atoms with Crippen LogP contribution in [0.25, 0.3) is 10.4 Å². The molecule has 6 nitrogen and oxygen atoms in total. The molecule has 0 aliphatic heterocycles. The van der Waals surface area contributed by atoms with Crippen molar-refractivity contribution in [2.24, 2.45) is 5.11 Å². The molecule has 1 N–H and O–H groups in total. The van der Waals surface area contributed by atoms with E-state index in [1.807, 2.05) is 0 Å². The van der Waals surface area contributed by atoms with Gasteiger partial charge in [-0.15, -0.1) is 0 Å². The highest BCUT2D eigenvalue weighted by Gasteiger charge is 1.97. The fourth-order valence-electron chi connectivity index (χ4n) is 0.573. The summed E-state index contributed by atoms with van der Waals surface area (Å²) in [7, 11) is 1.53. The molecule has 0 radical (unpaired) electrons. The molecule has 0 atom stereocenters. The van der Waals surface area contributed by atoms with Gasteiger partial charge in [0.05, 0.1) is 6.61 Å². The maximum Gasteiger partial charge on any atom is 0.222 e. The number of carbonyl (C=O) groups is 1. The van der Waals surface area contributed by atoms with Crippen LogP contribution in [0.2, 0.25) is 0 Å². The van der Waals surface area contributed by atoms with Crippen LogP contribution in [0, 0.1) is 0 Å². The number of azide groups is 1. The van der Waals surface area contributed by atoms with Crippen molar-refractivity contribution in [2.45, 2.75) is 6.42 Å². The topological polar surface area (TPSA) is 87.1 Å². The van der Waals surface area contributed by atoms with Gasteiger partial charge in [0.25, 0.3) is 0 Å². The van der Waals surface area contributed by atoms with Crippen LogP contribution in [-0.2, 0) is 9.53 Å². The molecule has 0 aromatic rings. The lowest BCUT2D eigenvalue weighted by atomic mass is 10.4. The van der Waals surface area contributed by atoms with E-state index < -0.39 is 0 Å². The molecule has 0 aromatic carbocycles. The van der Waals surface area contributed by atoms with Gasteiger partial charge in [0.2, 0.25) is 5.91 Å². The Kier molecular flexibility index (Phi) is 7.02. The summed E-state index contributed by atoms with van der Waals surface area (Å²) in [6, 6.07) is 0. The van der Waals surface area contributed by atoms with E-state index in [2.05, 4.69) is 15.3 Å². The molecule has 0 bridgehead atoms. The maximum atomic E-state index is 10.8. The van der Waals surface area contributed by atoms with E-state index in [4.69, 9.17) is 10.3 Å². The number of hydrogen-bond acceptors (Lipinski definition) is 3. The summed E-state index contributed by atoms with van der Waals surface area (Å²) in [6.45, 7) is 1.08. The van der Waals surface area contributed by atoms with E-state index in [1.54, 1.807) is 0 Å².